The van der Waals surface area contributed by atoms with Crippen molar-refractivity contribution in [3.63, 3.8) is 0 Å². The van der Waals surface area contributed by atoms with E-state index in [1.807, 2.05) is 31.6 Å². The van der Waals surface area contributed by atoms with E-state index in [4.69, 9.17) is 37.4 Å². The van der Waals surface area contributed by atoms with Crippen LogP contribution in [0.1, 0.15) is 79.0 Å². The molecule has 1 fully saturated rings. The van der Waals surface area contributed by atoms with Gasteiger partial charge in [0.1, 0.15) is 29.7 Å². The summed E-state index contributed by atoms with van der Waals surface area (Å²) in [5.74, 6) is -1.07. The van der Waals surface area contributed by atoms with Gasteiger partial charge in [-0.15, -0.1) is 0 Å². The van der Waals surface area contributed by atoms with Crippen molar-refractivity contribution in [1.82, 2.24) is 25.0 Å². The molecule has 4 rings (SSSR count). The molecule has 3 aromatic rings. The molecule has 0 bridgehead atoms. The minimum atomic E-state index is -0.855. The average molecular weight is 708 g/mol. The van der Waals surface area contributed by atoms with Gasteiger partial charge in [-0.2, -0.15) is 5.10 Å². The predicted molar refractivity (Wildman–Crippen MR) is 180 cm³/mol. The van der Waals surface area contributed by atoms with E-state index in [0.29, 0.717) is 31.5 Å². The predicted octanol–water partition coefficient (Wildman–Crippen LogP) is 7.57. The first kappa shape index (κ1) is 36.7. The molecule has 0 radical (unpaired) electrons. The molecule has 1 saturated heterocycles. The van der Waals surface area contributed by atoms with Crippen molar-refractivity contribution in [1.29, 1.82) is 0 Å². The summed E-state index contributed by atoms with van der Waals surface area (Å²) in [5, 5.41) is 9.62. The number of ether oxygens (including phenoxy) is 3. The Kier molecular flexibility index (Phi) is 11.5. The van der Waals surface area contributed by atoms with Gasteiger partial charge in [0.2, 0.25) is 5.91 Å². The summed E-state index contributed by atoms with van der Waals surface area (Å²) in [7, 11) is 0. The van der Waals surface area contributed by atoms with E-state index in [1.54, 1.807) is 51.1 Å². The number of aromatic nitrogens is 3. The number of pyridine rings is 1. The van der Waals surface area contributed by atoms with E-state index < -0.39 is 41.7 Å². The van der Waals surface area contributed by atoms with Crippen molar-refractivity contribution < 1.29 is 33.0 Å². The first-order valence-corrected chi connectivity index (χ1v) is 16.2. The molecule has 1 aromatic carbocycles. The van der Waals surface area contributed by atoms with Crippen LogP contribution in [0, 0.1) is 5.82 Å². The molecule has 0 spiro atoms. The Morgan fingerprint density at radius 1 is 1.02 bits per heavy atom. The van der Waals surface area contributed by atoms with Gasteiger partial charge < -0.3 is 29.7 Å². The summed E-state index contributed by atoms with van der Waals surface area (Å²) in [6, 6.07) is 4.26. The zero-order valence-corrected chi connectivity index (χ0v) is 29.5. The van der Waals surface area contributed by atoms with Gasteiger partial charge >= 0.3 is 12.2 Å². The fraction of sp³-hybridized carbons (Fsp3) is 0.485. The van der Waals surface area contributed by atoms with Gasteiger partial charge in [0.05, 0.1) is 17.3 Å². The lowest BCUT2D eigenvalue weighted by molar-refractivity contribution is -0.115. The number of amides is 3. The Hall–Kier alpha value is -4.10. The SMILES string of the molecule is CC(Oc1cc(-c2cnn(C3CCN(C(=O)OC(C)(C)C)CC3)c2)cnc1NC(=O)CNC(=O)OC(C)(C)C)c1c(Cl)ccc(F)c1Cl. The Morgan fingerprint density at radius 2 is 1.69 bits per heavy atom. The summed E-state index contributed by atoms with van der Waals surface area (Å²) in [5.41, 5.74) is 0.263. The van der Waals surface area contributed by atoms with Crippen molar-refractivity contribution in [2.24, 2.45) is 0 Å². The van der Waals surface area contributed by atoms with E-state index >= 15 is 0 Å². The molecule has 1 aliphatic heterocycles. The highest BCUT2D eigenvalue weighted by atomic mass is 35.5. The topological polar surface area (TPSA) is 137 Å². The van der Waals surface area contributed by atoms with Gasteiger partial charge in [-0.3, -0.25) is 9.48 Å². The van der Waals surface area contributed by atoms with Crippen molar-refractivity contribution in [3.8, 4) is 16.9 Å². The first-order chi connectivity index (χ1) is 22.4. The van der Waals surface area contributed by atoms with Crippen LogP contribution in [0.4, 0.5) is 19.8 Å². The molecule has 1 aliphatic rings. The van der Waals surface area contributed by atoms with E-state index in [2.05, 4.69) is 20.7 Å². The van der Waals surface area contributed by atoms with Gasteiger partial charge in [-0.25, -0.2) is 19.0 Å². The molecule has 3 amide bonds. The lowest BCUT2D eigenvalue weighted by atomic mass is 10.1. The van der Waals surface area contributed by atoms with Crippen molar-refractivity contribution in [3.05, 3.63) is 58.2 Å². The number of benzene rings is 1. The number of nitrogens with one attached hydrogen (secondary N) is 2. The van der Waals surface area contributed by atoms with Crippen LogP contribution in [0.5, 0.6) is 5.75 Å². The second kappa shape index (κ2) is 15.0. The number of carbonyl (C=O) groups excluding carboxylic acids is 3. The maximum Gasteiger partial charge on any atom is 0.410 e. The molecule has 260 valence electrons. The van der Waals surface area contributed by atoms with Crippen LogP contribution >= 0.6 is 23.2 Å². The number of hydrogen-bond acceptors (Lipinski definition) is 8. The van der Waals surface area contributed by atoms with E-state index in [0.717, 1.165) is 11.6 Å². The van der Waals surface area contributed by atoms with Crippen molar-refractivity contribution >= 4 is 47.1 Å². The van der Waals surface area contributed by atoms with Gasteiger partial charge in [0.25, 0.3) is 0 Å². The van der Waals surface area contributed by atoms with Gasteiger partial charge in [0, 0.05) is 47.2 Å². The van der Waals surface area contributed by atoms with E-state index in [9.17, 15) is 18.8 Å². The monoisotopic (exact) mass is 706 g/mol. The van der Waals surface area contributed by atoms with Crippen molar-refractivity contribution in [2.75, 3.05) is 25.0 Å². The summed E-state index contributed by atoms with van der Waals surface area (Å²) in [6.07, 6.45) is 4.56. The molecule has 15 heteroatoms. The number of alkyl carbamates (subject to hydrolysis) is 1. The smallest absolute Gasteiger partial charge is 0.410 e. The molecule has 3 heterocycles. The molecule has 48 heavy (non-hydrogen) atoms. The van der Waals surface area contributed by atoms with Crippen LogP contribution in [0.3, 0.4) is 0 Å². The maximum absolute atomic E-state index is 14.3. The third kappa shape index (κ3) is 9.96. The third-order valence-electron chi connectivity index (χ3n) is 7.12. The summed E-state index contributed by atoms with van der Waals surface area (Å²) in [6.45, 7) is 13.0. The number of anilines is 1. The molecule has 2 aromatic heterocycles. The zero-order chi connectivity index (χ0) is 35.4. The Labute approximate surface area is 289 Å². The number of piperidine rings is 1. The molecular formula is C33H41Cl2FN6O6. The highest BCUT2D eigenvalue weighted by Gasteiger charge is 2.28. The van der Waals surface area contributed by atoms with Crippen LogP contribution in [-0.2, 0) is 14.3 Å². The lowest BCUT2D eigenvalue weighted by Crippen LogP contribution is -2.42. The number of nitrogens with zero attached hydrogens (tertiary/aromatic N) is 4. The lowest BCUT2D eigenvalue weighted by Gasteiger charge is -2.33. The summed E-state index contributed by atoms with van der Waals surface area (Å²) >= 11 is 12.6. The minimum Gasteiger partial charge on any atom is -0.482 e. The second-order valence-corrected chi connectivity index (χ2v) is 14.2. The molecular weight excluding hydrogens is 666 g/mol. The Balaban J connectivity index is 1.54. The van der Waals surface area contributed by atoms with Crippen molar-refractivity contribution in [2.45, 2.75) is 84.7 Å². The normalized spacial score (nSPS) is 14.7. The van der Waals surface area contributed by atoms with Crippen LogP contribution in [0.25, 0.3) is 11.1 Å². The largest absolute Gasteiger partial charge is 0.482 e. The van der Waals surface area contributed by atoms with Crippen LogP contribution < -0.4 is 15.4 Å². The van der Waals surface area contributed by atoms with E-state index in [-0.39, 0.29) is 39.3 Å². The number of carbonyl (C=O) groups is 3. The fourth-order valence-corrected chi connectivity index (χ4v) is 5.60. The molecule has 12 nitrogen and oxygen atoms in total. The van der Waals surface area contributed by atoms with Gasteiger partial charge in [-0.05, 0) is 79.5 Å². The summed E-state index contributed by atoms with van der Waals surface area (Å²) in [4.78, 5) is 43.5. The number of rotatable bonds is 8. The van der Waals surface area contributed by atoms with Crippen LogP contribution in [0.2, 0.25) is 10.0 Å². The Bertz CT molecular complexity index is 1650. The van der Waals surface area contributed by atoms with E-state index in [1.165, 1.54) is 6.07 Å². The molecule has 1 unspecified atom stereocenters. The third-order valence-corrected chi connectivity index (χ3v) is 7.83. The molecule has 1 atom stereocenters. The van der Waals surface area contributed by atoms with Gasteiger partial charge in [0.15, 0.2) is 11.6 Å². The molecule has 0 saturated carbocycles. The first-order valence-electron chi connectivity index (χ1n) is 15.5. The second-order valence-electron chi connectivity index (χ2n) is 13.4. The summed E-state index contributed by atoms with van der Waals surface area (Å²) < 4.78 is 33.1. The van der Waals surface area contributed by atoms with Crippen LogP contribution in [-0.4, -0.2) is 68.6 Å². The average Bonchev–Trinajstić information content (AvgIpc) is 3.48. The highest BCUT2D eigenvalue weighted by molar-refractivity contribution is 6.36. The van der Waals surface area contributed by atoms with Gasteiger partial charge in [-0.1, -0.05) is 23.2 Å². The number of hydrogen-bond donors (Lipinski definition) is 2. The Morgan fingerprint density at radius 3 is 2.33 bits per heavy atom. The molecule has 2 N–H and O–H groups in total. The highest BCUT2D eigenvalue weighted by Crippen LogP contribution is 2.38. The number of likely N-dealkylation sites (tertiary alicyclic amines) is 1. The maximum atomic E-state index is 14.3. The quantitative estimate of drug-likeness (QED) is 0.229. The standard InChI is InChI=1S/C33H41Cl2FN6O6/c1-19(27-23(34)8-9-24(36)28(27)35)46-25-14-20(15-37-29(25)40-26(43)17-38-30(44)47-32(2,3)4)21-16-39-42(18-21)22-10-12-41(13-11-22)31(45)48-33(5,6)7/h8-9,14-16,18-19,22H,10-13,17H2,1-7H3,(H,38,44)(H,37,40,43). The molecule has 0 aliphatic carbocycles. The number of halogens is 3. The van der Waals surface area contributed by atoms with Crippen LogP contribution in [0.15, 0.2) is 36.8 Å². The minimum absolute atomic E-state index is 0.0483. The zero-order valence-electron chi connectivity index (χ0n) is 28.0. The fourth-order valence-electron chi connectivity index (χ4n) is 4.92.